The zero-order valence-corrected chi connectivity index (χ0v) is 22.2. The Morgan fingerprint density at radius 2 is 1.71 bits per heavy atom. The first-order valence-electron chi connectivity index (χ1n) is 11.5. The fourth-order valence-electron chi connectivity index (χ4n) is 4.03. The van der Waals surface area contributed by atoms with Crippen molar-refractivity contribution >= 4 is 58.0 Å². The molecule has 0 spiro atoms. The molecule has 0 atom stereocenters. The van der Waals surface area contributed by atoms with E-state index >= 15 is 0 Å². The van der Waals surface area contributed by atoms with Gasteiger partial charge >= 0.3 is 6.09 Å². The SMILES string of the molecule is CC(C)(C)OC(=O)NCCNc1c(-c2ccc(Cl)c(Cl)c2)cc2c(c1Cl)Nc1ccccc1CC2. The third kappa shape index (κ3) is 6.16. The van der Waals surface area contributed by atoms with Crippen LogP contribution in [0.1, 0.15) is 31.9 Å². The smallest absolute Gasteiger partial charge is 0.407 e. The highest BCUT2D eigenvalue weighted by Crippen LogP contribution is 2.45. The predicted octanol–water partition coefficient (Wildman–Crippen LogP) is 8.09. The Morgan fingerprint density at radius 3 is 2.46 bits per heavy atom. The number of hydrogen-bond acceptors (Lipinski definition) is 4. The van der Waals surface area contributed by atoms with Crippen LogP contribution in [0, 0.1) is 0 Å². The zero-order valence-electron chi connectivity index (χ0n) is 19.9. The van der Waals surface area contributed by atoms with Crippen LogP contribution in [-0.4, -0.2) is 24.8 Å². The lowest BCUT2D eigenvalue weighted by atomic mass is 9.96. The van der Waals surface area contributed by atoms with Gasteiger partial charge in [-0.25, -0.2) is 4.79 Å². The summed E-state index contributed by atoms with van der Waals surface area (Å²) in [5, 5.41) is 11.3. The molecule has 3 aromatic rings. The van der Waals surface area contributed by atoms with Gasteiger partial charge in [-0.05, 0) is 74.6 Å². The maximum Gasteiger partial charge on any atom is 0.407 e. The van der Waals surface area contributed by atoms with Gasteiger partial charge in [0, 0.05) is 24.3 Å². The molecule has 0 bridgehead atoms. The highest BCUT2D eigenvalue weighted by molar-refractivity contribution is 6.42. The number of nitrogens with one attached hydrogen (secondary N) is 3. The fourth-order valence-corrected chi connectivity index (χ4v) is 4.67. The van der Waals surface area contributed by atoms with Gasteiger partial charge in [-0.15, -0.1) is 0 Å². The normalized spacial score (nSPS) is 12.6. The van der Waals surface area contributed by atoms with Crippen molar-refractivity contribution in [2.75, 3.05) is 23.7 Å². The molecule has 1 heterocycles. The van der Waals surface area contributed by atoms with Crippen molar-refractivity contribution in [2.45, 2.75) is 39.2 Å². The Labute approximate surface area is 221 Å². The van der Waals surface area contributed by atoms with Crippen LogP contribution in [0.15, 0.2) is 48.5 Å². The maximum absolute atomic E-state index is 12.0. The van der Waals surface area contributed by atoms with E-state index in [-0.39, 0.29) is 0 Å². The summed E-state index contributed by atoms with van der Waals surface area (Å²) in [7, 11) is 0. The van der Waals surface area contributed by atoms with E-state index in [9.17, 15) is 4.79 Å². The van der Waals surface area contributed by atoms with Gasteiger partial charge in [-0.2, -0.15) is 0 Å². The number of rotatable bonds is 5. The molecule has 1 aliphatic heterocycles. The average molecular weight is 533 g/mol. The first kappa shape index (κ1) is 25.5. The van der Waals surface area contributed by atoms with E-state index in [2.05, 4.69) is 34.1 Å². The standard InChI is InChI=1S/C27H28Cl3N3O2/c1-27(2,3)35-26(34)32-13-12-31-25-19(17-10-11-20(28)21(29)15-17)14-18-9-8-16-6-4-5-7-22(16)33-24(18)23(25)30/h4-7,10-11,14-15,31,33H,8-9,12-13H2,1-3H3,(H,32,34). The lowest BCUT2D eigenvalue weighted by Crippen LogP contribution is -2.35. The molecule has 0 aromatic heterocycles. The van der Waals surface area contributed by atoms with E-state index in [0.29, 0.717) is 28.2 Å². The van der Waals surface area contributed by atoms with Crippen molar-refractivity contribution < 1.29 is 9.53 Å². The molecule has 3 N–H and O–H groups in total. The van der Waals surface area contributed by atoms with Crippen molar-refractivity contribution in [1.82, 2.24) is 5.32 Å². The van der Waals surface area contributed by atoms with Crippen LogP contribution >= 0.6 is 34.8 Å². The summed E-state index contributed by atoms with van der Waals surface area (Å²) in [5.74, 6) is 0. The molecule has 0 radical (unpaired) electrons. The number of para-hydroxylation sites is 1. The molecule has 0 unspecified atom stereocenters. The number of fused-ring (bicyclic) bond motifs is 2. The van der Waals surface area contributed by atoms with E-state index in [1.807, 2.05) is 45.0 Å². The second-order valence-corrected chi connectivity index (χ2v) is 10.6. The maximum atomic E-state index is 12.0. The van der Waals surface area contributed by atoms with E-state index < -0.39 is 11.7 Å². The number of halogens is 3. The highest BCUT2D eigenvalue weighted by atomic mass is 35.5. The molecule has 8 heteroatoms. The van der Waals surface area contributed by atoms with E-state index in [0.717, 1.165) is 46.6 Å². The zero-order chi connectivity index (χ0) is 25.2. The number of benzene rings is 3. The Balaban J connectivity index is 1.66. The van der Waals surface area contributed by atoms with Gasteiger partial charge in [0.2, 0.25) is 0 Å². The number of anilines is 3. The average Bonchev–Trinajstić information content (AvgIpc) is 2.98. The number of amides is 1. The molecule has 0 saturated carbocycles. The molecule has 35 heavy (non-hydrogen) atoms. The third-order valence-corrected chi connectivity index (χ3v) is 6.73. The Kier molecular flexibility index (Phi) is 7.70. The first-order chi connectivity index (χ1) is 16.6. The number of alkyl carbamates (subject to hydrolysis) is 1. The molecule has 5 nitrogen and oxygen atoms in total. The van der Waals surface area contributed by atoms with Crippen molar-refractivity contribution in [1.29, 1.82) is 0 Å². The van der Waals surface area contributed by atoms with Crippen molar-refractivity contribution in [2.24, 2.45) is 0 Å². The summed E-state index contributed by atoms with van der Waals surface area (Å²) < 4.78 is 5.31. The highest BCUT2D eigenvalue weighted by Gasteiger charge is 2.22. The fraction of sp³-hybridized carbons (Fsp3) is 0.296. The molecular formula is C27H28Cl3N3O2. The molecule has 1 amide bonds. The second-order valence-electron chi connectivity index (χ2n) is 9.41. The number of carbonyl (C=O) groups excluding carboxylic acids is 1. The van der Waals surface area contributed by atoms with Gasteiger partial charge in [-0.1, -0.05) is 59.1 Å². The molecule has 0 saturated heterocycles. The van der Waals surface area contributed by atoms with E-state index in [1.165, 1.54) is 5.56 Å². The summed E-state index contributed by atoms with van der Waals surface area (Å²) in [4.78, 5) is 12.0. The molecule has 184 valence electrons. The van der Waals surface area contributed by atoms with Crippen molar-refractivity contribution in [3.8, 4) is 11.1 Å². The van der Waals surface area contributed by atoms with Crippen LogP contribution in [-0.2, 0) is 17.6 Å². The Bertz CT molecular complexity index is 1260. The van der Waals surface area contributed by atoms with E-state index in [1.54, 1.807) is 6.07 Å². The molecule has 3 aromatic carbocycles. The molecule has 0 aliphatic carbocycles. The minimum Gasteiger partial charge on any atom is -0.444 e. The lowest BCUT2D eigenvalue weighted by molar-refractivity contribution is 0.0530. The first-order valence-corrected chi connectivity index (χ1v) is 12.6. The summed E-state index contributed by atoms with van der Waals surface area (Å²) in [6.45, 7) is 6.29. The largest absolute Gasteiger partial charge is 0.444 e. The minimum absolute atomic E-state index is 0.361. The van der Waals surface area contributed by atoms with Crippen LogP contribution in [0.2, 0.25) is 15.1 Å². The number of aryl methyl sites for hydroxylation is 2. The van der Waals surface area contributed by atoms with Crippen LogP contribution in [0.4, 0.5) is 21.9 Å². The van der Waals surface area contributed by atoms with Crippen molar-refractivity contribution in [3.63, 3.8) is 0 Å². The van der Waals surface area contributed by atoms with Gasteiger partial charge in [-0.3, -0.25) is 0 Å². The Hall–Kier alpha value is -2.60. The molecule has 0 fully saturated rings. The molecule has 4 rings (SSSR count). The van der Waals surface area contributed by atoms with Crippen molar-refractivity contribution in [3.05, 3.63) is 74.7 Å². The van der Waals surface area contributed by atoms with E-state index in [4.69, 9.17) is 39.5 Å². The predicted molar refractivity (Wildman–Crippen MR) is 147 cm³/mol. The minimum atomic E-state index is -0.555. The molecule has 1 aliphatic rings. The Morgan fingerprint density at radius 1 is 0.971 bits per heavy atom. The summed E-state index contributed by atoms with van der Waals surface area (Å²) >= 11 is 19.5. The monoisotopic (exact) mass is 531 g/mol. The topological polar surface area (TPSA) is 62.4 Å². The lowest BCUT2D eigenvalue weighted by Gasteiger charge is -2.22. The summed E-state index contributed by atoms with van der Waals surface area (Å²) in [6.07, 6.45) is 1.28. The van der Waals surface area contributed by atoms with Crippen LogP contribution in [0.25, 0.3) is 11.1 Å². The van der Waals surface area contributed by atoms with Gasteiger partial charge in [0.25, 0.3) is 0 Å². The van der Waals surface area contributed by atoms with Crippen LogP contribution in [0.3, 0.4) is 0 Å². The van der Waals surface area contributed by atoms with Gasteiger partial charge in [0.05, 0.1) is 26.4 Å². The van der Waals surface area contributed by atoms with Gasteiger partial charge < -0.3 is 20.7 Å². The number of ether oxygens (including phenoxy) is 1. The summed E-state index contributed by atoms with van der Waals surface area (Å²) in [6, 6.07) is 15.9. The van der Waals surface area contributed by atoms with Crippen LogP contribution < -0.4 is 16.0 Å². The number of carbonyl (C=O) groups is 1. The van der Waals surface area contributed by atoms with Gasteiger partial charge in [0.1, 0.15) is 5.60 Å². The third-order valence-electron chi connectivity index (χ3n) is 5.61. The quantitative estimate of drug-likeness (QED) is 0.291. The van der Waals surface area contributed by atoms with Gasteiger partial charge in [0.15, 0.2) is 0 Å². The second kappa shape index (κ2) is 10.6. The summed E-state index contributed by atoms with van der Waals surface area (Å²) in [5.41, 5.74) is 6.29. The van der Waals surface area contributed by atoms with Crippen LogP contribution in [0.5, 0.6) is 0 Å². The molecular weight excluding hydrogens is 505 g/mol. The number of hydrogen-bond donors (Lipinski definition) is 3.